The van der Waals surface area contributed by atoms with Gasteiger partial charge in [-0.15, -0.1) is 0 Å². The number of benzene rings is 2. The standard InChI is InChI=1S/C47H70N4O16S/c1-9-46(6,10-2)42-35(50-27(5)53)39(36(55)33(25-52)64-42)65-45-38(57)37(56)40(67-47(7,11-3)12-4)41(66-45)43(58)49-21-20-48-34(54)19-16-22-63-32-24-30(51(60)61)29(23-31(32)62-8)26-68-44(59)28-17-14-13-15-18-28/h13-15,17-18,23-24,33,35-42,45,52,55-57H,9-12,16,19-22,25-26H2,1-8H3,(H,48,54)(H,49,58)(H,50,53). The maximum Gasteiger partial charge on any atom is 0.277 e. The molecule has 2 saturated heterocycles. The fourth-order valence-corrected chi connectivity index (χ4v) is 8.86. The molecule has 2 fully saturated rings. The van der Waals surface area contributed by atoms with Crippen molar-refractivity contribution in [3.63, 3.8) is 0 Å². The van der Waals surface area contributed by atoms with Crippen molar-refractivity contribution in [3.8, 4) is 11.5 Å². The Kier molecular flexibility index (Phi) is 21.4. The molecule has 3 amide bonds. The monoisotopic (exact) mass is 978 g/mol. The molecule has 2 aliphatic rings. The zero-order valence-electron chi connectivity index (χ0n) is 40.1. The Hall–Kier alpha value is -4.45. The van der Waals surface area contributed by atoms with Crippen molar-refractivity contribution >= 4 is 40.3 Å². The second-order valence-electron chi connectivity index (χ2n) is 17.5. The lowest BCUT2D eigenvalue weighted by Gasteiger charge is -2.52. The van der Waals surface area contributed by atoms with Crippen LogP contribution in [0.25, 0.3) is 0 Å². The van der Waals surface area contributed by atoms with Gasteiger partial charge in [-0.25, -0.2) is 0 Å². The molecular weight excluding hydrogens is 909 g/mol. The zero-order chi connectivity index (χ0) is 50.3. The lowest BCUT2D eigenvalue weighted by molar-refractivity contribution is -0.385. The molecule has 0 spiro atoms. The third-order valence-electron chi connectivity index (χ3n) is 13.1. The van der Waals surface area contributed by atoms with E-state index in [0.29, 0.717) is 31.2 Å². The average molecular weight is 979 g/mol. The molecule has 380 valence electrons. The molecule has 21 heteroatoms. The summed E-state index contributed by atoms with van der Waals surface area (Å²) < 4.78 is 36.1. The number of carbonyl (C=O) groups excluding carboxylic acids is 4. The number of aliphatic hydroxyl groups excluding tert-OH is 4. The molecule has 0 aliphatic carbocycles. The Morgan fingerprint density at radius 3 is 2.13 bits per heavy atom. The maximum absolute atomic E-state index is 13.9. The topological polar surface area (TPSA) is 284 Å². The van der Waals surface area contributed by atoms with Crippen molar-refractivity contribution in [2.45, 2.75) is 160 Å². The van der Waals surface area contributed by atoms with Crippen molar-refractivity contribution in [2.24, 2.45) is 5.41 Å². The van der Waals surface area contributed by atoms with E-state index in [-0.39, 0.29) is 72.1 Å². The van der Waals surface area contributed by atoms with Crippen LogP contribution < -0.4 is 25.4 Å². The van der Waals surface area contributed by atoms with E-state index in [9.17, 15) is 49.7 Å². The average Bonchev–Trinajstić information content (AvgIpc) is 3.33. The number of hydrogen-bond donors (Lipinski definition) is 7. The zero-order valence-corrected chi connectivity index (χ0v) is 41.0. The van der Waals surface area contributed by atoms with Crippen LogP contribution in [0, 0.1) is 15.5 Å². The molecule has 0 aromatic heterocycles. The van der Waals surface area contributed by atoms with Crippen LogP contribution in [-0.4, -0.2) is 148 Å². The van der Waals surface area contributed by atoms with E-state index < -0.39 is 95.5 Å². The smallest absolute Gasteiger partial charge is 0.277 e. The predicted octanol–water partition coefficient (Wildman–Crippen LogP) is 3.32. The summed E-state index contributed by atoms with van der Waals surface area (Å²) in [5.74, 6) is -1.28. The molecule has 0 saturated carbocycles. The van der Waals surface area contributed by atoms with E-state index in [2.05, 4.69) is 16.0 Å². The van der Waals surface area contributed by atoms with Gasteiger partial charge < -0.3 is 64.8 Å². The fourth-order valence-electron chi connectivity index (χ4n) is 8.04. The van der Waals surface area contributed by atoms with Crippen molar-refractivity contribution in [1.82, 2.24) is 16.0 Å². The van der Waals surface area contributed by atoms with Gasteiger partial charge in [0.2, 0.25) is 16.9 Å². The van der Waals surface area contributed by atoms with Crippen LogP contribution in [0.15, 0.2) is 42.5 Å². The molecule has 2 heterocycles. The van der Waals surface area contributed by atoms with Gasteiger partial charge in [0.1, 0.15) is 36.6 Å². The molecule has 0 radical (unpaired) electrons. The molecule has 2 aliphatic heterocycles. The second-order valence-corrected chi connectivity index (χ2v) is 18.5. The number of ether oxygens (including phenoxy) is 6. The van der Waals surface area contributed by atoms with Gasteiger partial charge in [-0.2, -0.15) is 0 Å². The van der Waals surface area contributed by atoms with Gasteiger partial charge in [0.15, 0.2) is 23.9 Å². The molecule has 10 atom stereocenters. The summed E-state index contributed by atoms with van der Waals surface area (Å²) in [6.45, 7) is 11.9. The van der Waals surface area contributed by atoms with Crippen molar-refractivity contribution in [1.29, 1.82) is 0 Å². The quantitative estimate of drug-likeness (QED) is 0.0427. The molecule has 20 nitrogen and oxygen atoms in total. The van der Waals surface area contributed by atoms with Gasteiger partial charge >= 0.3 is 0 Å². The SMILES string of the molecule is CCC(C)(CC)OC1C(C(=O)NCCNC(=O)CCCOc2cc([N+](=O)[O-])c(CSC(=O)c3ccccc3)cc2OC)OC(OC2C(O)C(CO)OC(C(C)(CC)CC)C2NC(C)=O)C(O)C1O. The number of nitro benzene ring substituents is 1. The molecular formula is C47H70N4O16S. The first-order valence-corrected chi connectivity index (χ1v) is 24.1. The van der Waals surface area contributed by atoms with Gasteiger partial charge in [0.25, 0.3) is 11.6 Å². The van der Waals surface area contributed by atoms with Crippen LogP contribution in [0.2, 0.25) is 0 Å². The highest BCUT2D eigenvalue weighted by Gasteiger charge is 2.56. The van der Waals surface area contributed by atoms with Crippen LogP contribution >= 0.6 is 11.8 Å². The number of thioether (sulfide) groups is 1. The minimum Gasteiger partial charge on any atom is -0.493 e. The van der Waals surface area contributed by atoms with E-state index in [4.69, 9.17) is 28.4 Å². The highest BCUT2D eigenvalue weighted by atomic mass is 32.2. The lowest BCUT2D eigenvalue weighted by atomic mass is 9.72. The molecule has 4 rings (SSSR count). The molecule has 2 aromatic rings. The summed E-state index contributed by atoms with van der Waals surface area (Å²) in [7, 11) is 1.38. The summed E-state index contributed by atoms with van der Waals surface area (Å²) in [6.07, 6.45) is -10.7. The Morgan fingerprint density at radius 2 is 1.54 bits per heavy atom. The van der Waals surface area contributed by atoms with E-state index in [1.165, 1.54) is 26.2 Å². The number of nitrogens with zero attached hydrogens (tertiary/aromatic N) is 1. The largest absolute Gasteiger partial charge is 0.493 e. The van der Waals surface area contributed by atoms with Gasteiger partial charge in [0.05, 0.1) is 49.1 Å². The Balaban J connectivity index is 1.39. The number of aliphatic hydroxyl groups is 4. The summed E-state index contributed by atoms with van der Waals surface area (Å²) in [6, 6.07) is 10.2. The first kappa shape index (κ1) is 56.1. The molecule has 7 N–H and O–H groups in total. The Morgan fingerprint density at radius 1 is 0.882 bits per heavy atom. The van der Waals surface area contributed by atoms with Crippen molar-refractivity contribution in [3.05, 3.63) is 63.7 Å². The maximum atomic E-state index is 13.9. The third-order valence-corrected chi connectivity index (χ3v) is 14.0. The van der Waals surface area contributed by atoms with E-state index in [1.807, 2.05) is 34.6 Å². The van der Waals surface area contributed by atoms with Crippen LogP contribution in [0.3, 0.4) is 0 Å². The first-order valence-electron chi connectivity index (χ1n) is 23.1. The molecule has 68 heavy (non-hydrogen) atoms. The number of rotatable bonds is 25. The van der Waals surface area contributed by atoms with Gasteiger partial charge in [0, 0.05) is 43.3 Å². The van der Waals surface area contributed by atoms with Gasteiger partial charge in [-0.1, -0.05) is 76.7 Å². The third kappa shape index (κ3) is 14.3. The van der Waals surface area contributed by atoms with Crippen molar-refractivity contribution < 1.29 is 72.9 Å². The van der Waals surface area contributed by atoms with Crippen molar-refractivity contribution in [2.75, 3.05) is 33.4 Å². The number of methoxy groups -OCH3 is 1. The van der Waals surface area contributed by atoms with Crippen LogP contribution in [-0.2, 0) is 39.1 Å². The van der Waals surface area contributed by atoms with E-state index >= 15 is 0 Å². The second kappa shape index (κ2) is 26.0. The summed E-state index contributed by atoms with van der Waals surface area (Å²) in [5.41, 5.74) is -0.928. The lowest BCUT2D eigenvalue weighted by Crippen LogP contribution is -2.70. The number of carbonyl (C=O) groups is 4. The van der Waals surface area contributed by atoms with E-state index in [1.54, 1.807) is 37.3 Å². The minimum absolute atomic E-state index is 0.00116. The molecule has 2 aromatic carbocycles. The highest BCUT2D eigenvalue weighted by molar-refractivity contribution is 8.13. The predicted molar refractivity (Wildman–Crippen MR) is 250 cm³/mol. The van der Waals surface area contributed by atoms with Crippen LogP contribution in [0.5, 0.6) is 11.5 Å². The highest BCUT2D eigenvalue weighted by Crippen LogP contribution is 2.41. The minimum atomic E-state index is -1.80. The Labute approximate surface area is 401 Å². The fraction of sp³-hybridized carbons (Fsp3) is 0.660. The summed E-state index contributed by atoms with van der Waals surface area (Å²) >= 11 is 0.922. The molecule has 10 unspecified atom stereocenters. The summed E-state index contributed by atoms with van der Waals surface area (Å²) in [5, 5.41) is 64.7. The van der Waals surface area contributed by atoms with Crippen LogP contribution in [0.1, 0.15) is 103 Å². The van der Waals surface area contributed by atoms with Crippen LogP contribution in [0.4, 0.5) is 5.69 Å². The van der Waals surface area contributed by atoms with E-state index in [0.717, 1.165) is 11.8 Å². The van der Waals surface area contributed by atoms with Gasteiger partial charge in [-0.3, -0.25) is 29.3 Å². The summed E-state index contributed by atoms with van der Waals surface area (Å²) in [4.78, 5) is 63.3. The number of nitrogens with one attached hydrogen (secondary N) is 3. The van der Waals surface area contributed by atoms with Gasteiger partial charge in [-0.05, 0) is 50.5 Å². The number of nitro groups is 1. The normalized spacial score (nSPS) is 25.2. The first-order chi connectivity index (χ1) is 32.3. The number of amides is 3. The molecule has 0 bridgehead atoms. The number of hydrogen-bond acceptors (Lipinski definition) is 17. The Bertz CT molecular complexity index is 1990.